The summed E-state index contributed by atoms with van der Waals surface area (Å²) in [6, 6.07) is 6.23. The van der Waals surface area contributed by atoms with Gasteiger partial charge in [0.2, 0.25) is 0 Å². The van der Waals surface area contributed by atoms with Crippen LogP contribution in [0.1, 0.15) is 60.8 Å². The number of amides is 2. The summed E-state index contributed by atoms with van der Waals surface area (Å²) in [4.78, 5) is 38.4. The molecular weight excluding hydrogens is 404 g/mol. The van der Waals surface area contributed by atoms with Crippen LogP contribution < -0.4 is 10.6 Å². The first-order valence-electron chi connectivity index (χ1n) is 9.96. The molecule has 0 unspecified atom stereocenters. The van der Waals surface area contributed by atoms with Gasteiger partial charge < -0.3 is 20.1 Å². The minimum atomic E-state index is -0.458. The summed E-state index contributed by atoms with van der Waals surface area (Å²) in [5, 5.41) is 6.42. The lowest BCUT2D eigenvalue weighted by Crippen LogP contribution is -2.27. The van der Waals surface area contributed by atoms with Crippen molar-refractivity contribution in [1.29, 1.82) is 0 Å². The Kier molecular flexibility index (Phi) is 7.59. The topological polar surface area (TPSA) is 93.7 Å². The largest absolute Gasteiger partial charge is 0.465 e. The highest BCUT2D eigenvalue weighted by Crippen LogP contribution is 2.38. The van der Waals surface area contributed by atoms with Crippen LogP contribution in [-0.2, 0) is 22.3 Å². The van der Waals surface area contributed by atoms with E-state index >= 15 is 0 Å². The van der Waals surface area contributed by atoms with Gasteiger partial charge >= 0.3 is 5.97 Å². The van der Waals surface area contributed by atoms with Crippen molar-refractivity contribution in [3.8, 4) is 0 Å². The molecule has 0 saturated carbocycles. The molecule has 2 aromatic rings. The number of ether oxygens (including phenoxy) is 2. The molecule has 2 N–H and O–H groups in total. The minimum Gasteiger partial charge on any atom is -0.465 e. The molecule has 0 saturated heterocycles. The van der Waals surface area contributed by atoms with Gasteiger partial charge in [0.05, 0.1) is 18.2 Å². The molecule has 1 aromatic heterocycles. The Morgan fingerprint density at radius 2 is 1.70 bits per heavy atom. The molecule has 0 spiro atoms. The summed E-state index contributed by atoms with van der Waals surface area (Å²) in [5.41, 5.74) is 2.40. The van der Waals surface area contributed by atoms with Crippen molar-refractivity contribution in [2.45, 2.75) is 32.1 Å². The average Bonchev–Trinajstić information content (AvgIpc) is 3.14. The first-order valence-corrected chi connectivity index (χ1v) is 10.8. The lowest BCUT2D eigenvalue weighted by Gasteiger charge is -2.13. The molecule has 1 aliphatic carbocycles. The number of anilines is 1. The van der Waals surface area contributed by atoms with Gasteiger partial charge in [0.1, 0.15) is 5.00 Å². The normalized spacial score (nSPS) is 12.7. The molecule has 8 heteroatoms. The number of hydrogen-bond donors (Lipinski definition) is 2. The van der Waals surface area contributed by atoms with Crippen LogP contribution in [0, 0.1) is 0 Å². The smallest absolute Gasteiger partial charge is 0.337 e. The van der Waals surface area contributed by atoms with E-state index in [1.165, 1.54) is 23.3 Å². The quantitative estimate of drug-likeness (QED) is 0.494. The number of thiophene rings is 1. The molecule has 7 nitrogen and oxygen atoms in total. The van der Waals surface area contributed by atoms with Crippen molar-refractivity contribution in [1.82, 2.24) is 5.32 Å². The molecule has 0 fully saturated rings. The first kappa shape index (κ1) is 22.0. The molecule has 3 rings (SSSR count). The molecule has 0 bridgehead atoms. The van der Waals surface area contributed by atoms with Gasteiger partial charge in [-0.25, -0.2) is 4.79 Å². The monoisotopic (exact) mass is 430 g/mol. The SMILES string of the molecule is COCCCNC(=O)c1c(NC(=O)c2ccc(C(=O)OC)cc2)sc2c1CCCC2. The molecule has 1 heterocycles. The van der Waals surface area contributed by atoms with Crippen LogP contribution in [-0.4, -0.2) is 45.2 Å². The van der Waals surface area contributed by atoms with Crippen molar-refractivity contribution in [2.24, 2.45) is 0 Å². The van der Waals surface area contributed by atoms with Crippen LogP contribution >= 0.6 is 11.3 Å². The molecule has 30 heavy (non-hydrogen) atoms. The fourth-order valence-corrected chi connectivity index (χ4v) is 4.73. The van der Waals surface area contributed by atoms with E-state index in [-0.39, 0.29) is 11.8 Å². The maximum absolute atomic E-state index is 12.9. The highest BCUT2D eigenvalue weighted by molar-refractivity contribution is 7.17. The Morgan fingerprint density at radius 1 is 1.00 bits per heavy atom. The lowest BCUT2D eigenvalue weighted by atomic mass is 9.95. The summed E-state index contributed by atoms with van der Waals surface area (Å²) in [7, 11) is 2.94. The van der Waals surface area contributed by atoms with Gasteiger partial charge in [-0.1, -0.05) is 0 Å². The third-order valence-corrected chi connectivity index (χ3v) is 6.21. The zero-order valence-electron chi connectivity index (χ0n) is 17.2. The Labute approximate surface area is 179 Å². The molecule has 2 amide bonds. The Bertz CT molecular complexity index is 920. The zero-order valence-corrected chi connectivity index (χ0v) is 18.0. The van der Waals surface area contributed by atoms with Gasteiger partial charge in [0.25, 0.3) is 11.8 Å². The molecule has 1 aliphatic rings. The number of nitrogens with one attached hydrogen (secondary N) is 2. The second-order valence-corrected chi connectivity index (χ2v) is 8.15. The number of esters is 1. The second-order valence-electron chi connectivity index (χ2n) is 7.04. The third-order valence-electron chi connectivity index (χ3n) is 5.00. The van der Waals surface area contributed by atoms with Gasteiger partial charge in [0, 0.05) is 30.7 Å². The number of carbonyl (C=O) groups is 3. The number of rotatable bonds is 8. The number of carbonyl (C=O) groups excluding carboxylic acids is 3. The Hall–Kier alpha value is -2.71. The van der Waals surface area contributed by atoms with Crippen molar-refractivity contribution in [2.75, 3.05) is 32.7 Å². The first-order chi connectivity index (χ1) is 14.5. The fourth-order valence-electron chi connectivity index (χ4n) is 3.45. The number of fused-ring (bicyclic) bond motifs is 1. The van der Waals surface area contributed by atoms with E-state index in [9.17, 15) is 14.4 Å². The zero-order chi connectivity index (χ0) is 21.5. The molecule has 160 valence electrons. The molecular formula is C22H26N2O5S. The third kappa shape index (κ3) is 5.06. The summed E-state index contributed by atoms with van der Waals surface area (Å²) in [6.07, 6.45) is 4.62. The number of hydrogen-bond acceptors (Lipinski definition) is 6. The van der Waals surface area contributed by atoms with Gasteiger partial charge in [-0.3, -0.25) is 9.59 Å². The van der Waals surface area contributed by atoms with E-state index in [1.54, 1.807) is 31.4 Å². The van der Waals surface area contributed by atoms with Crippen LogP contribution in [0.15, 0.2) is 24.3 Å². The maximum atomic E-state index is 12.9. The van der Waals surface area contributed by atoms with E-state index in [1.807, 2.05) is 0 Å². The summed E-state index contributed by atoms with van der Waals surface area (Å²) < 4.78 is 9.70. The van der Waals surface area contributed by atoms with Crippen molar-refractivity contribution in [3.63, 3.8) is 0 Å². The number of benzene rings is 1. The van der Waals surface area contributed by atoms with Crippen molar-refractivity contribution < 1.29 is 23.9 Å². The van der Waals surface area contributed by atoms with Gasteiger partial charge in [-0.2, -0.15) is 0 Å². The molecule has 0 radical (unpaired) electrons. The van der Waals surface area contributed by atoms with Crippen LogP contribution in [0.25, 0.3) is 0 Å². The second kappa shape index (κ2) is 10.4. The standard InChI is InChI=1S/C22H26N2O5S/c1-28-13-5-12-23-20(26)18-16-6-3-4-7-17(16)30-21(18)24-19(25)14-8-10-15(11-9-14)22(27)29-2/h8-11H,3-7,12-13H2,1-2H3,(H,23,26)(H,24,25). The summed E-state index contributed by atoms with van der Waals surface area (Å²) in [6.45, 7) is 1.09. The molecule has 1 aromatic carbocycles. The van der Waals surface area contributed by atoms with Gasteiger partial charge in [0.15, 0.2) is 0 Å². The summed E-state index contributed by atoms with van der Waals surface area (Å²) in [5.74, 6) is -0.944. The van der Waals surface area contributed by atoms with E-state index in [0.717, 1.165) is 37.7 Å². The van der Waals surface area contributed by atoms with Crippen molar-refractivity contribution >= 4 is 34.1 Å². The average molecular weight is 431 g/mol. The van der Waals surface area contributed by atoms with E-state index in [4.69, 9.17) is 4.74 Å². The minimum absolute atomic E-state index is 0.165. The van der Waals surface area contributed by atoms with Gasteiger partial charge in [-0.15, -0.1) is 11.3 Å². The van der Waals surface area contributed by atoms with E-state index < -0.39 is 5.97 Å². The highest BCUT2D eigenvalue weighted by atomic mass is 32.1. The maximum Gasteiger partial charge on any atom is 0.337 e. The molecule has 0 atom stereocenters. The number of methoxy groups -OCH3 is 2. The predicted molar refractivity (Wildman–Crippen MR) is 116 cm³/mol. The predicted octanol–water partition coefficient (Wildman–Crippen LogP) is 3.43. The number of aryl methyl sites for hydroxylation is 1. The van der Waals surface area contributed by atoms with Crippen LogP contribution in [0.5, 0.6) is 0 Å². The van der Waals surface area contributed by atoms with Crippen LogP contribution in [0.2, 0.25) is 0 Å². The van der Waals surface area contributed by atoms with Crippen LogP contribution in [0.3, 0.4) is 0 Å². The Morgan fingerprint density at radius 3 is 2.40 bits per heavy atom. The van der Waals surface area contributed by atoms with Crippen molar-refractivity contribution in [3.05, 3.63) is 51.4 Å². The van der Waals surface area contributed by atoms with E-state index in [2.05, 4.69) is 15.4 Å². The lowest BCUT2D eigenvalue weighted by molar-refractivity contribution is 0.0600. The van der Waals surface area contributed by atoms with E-state index in [0.29, 0.717) is 34.8 Å². The molecule has 0 aliphatic heterocycles. The van der Waals surface area contributed by atoms with Crippen LogP contribution in [0.4, 0.5) is 5.00 Å². The van der Waals surface area contributed by atoms with Gasteiger partial charge in [-0.05, 0) is 61.9 Å². The Balaban J connectivity index is 1.79. The fraction of sp³-hybridized carbons (Fsp3) is 0.409. The summed E-state index contributed by atoms with van der Waals surface area (Å²) >= 11 is 1.48. The highest BCUT2D eigenvalue weighted by Gasteiger charge is 2.26.